The quantitative estimate of drug-likeness (QED) is 0.197. The Morgan fingerprint density at radius 2 is 1.09 bits per heavy atom. The van der Waals surface area contributed by atoms with Gasteiger partial charge in [0.2, 0.25) is 0 Å². The molecule has 2 atom stereocenters. The average molecular weight is 599 g/mol. The number of fused-ring (bicyclic) bond motifs is 6. The zero-order chi connectivity index (χ0) is 31.8. The molecule has 1 aromatic heterocycles. The molecule has 8 rings (SSSR count). The molecule has 1 aliphatic heterocycles. The Morgan fingerprint density at radius 3 is 1.72 bits per heavy atom. The van der Waals surface area contributed by atoms with Crippen molar-refractivity contribution < 1.29 is 0 Å². The van der Waals surface area contributed by atoms with Gasteiger partial charge in [-0.15, -0.1) is 0 Å². The molecule has 0 saturated heterocycles. The summed E-state index contributed by atoms with van der Waals surface area (Å²) in [6.07, 6.45) is 9.07. The second-order valence-corrected chi connectivity index (χ2v) is 15.1. The van der Waals surface area contributed by atoms with Crippen molar-refractivity contribution in [3.05, 3.63) is 150 Å². The van der Waals surface area contributed by atoms with Crippen LogP contribution < -0.4 is 4.90 Å². The molecule has 5 aromatic carbocycles. The highest BCUT2D eigenvalue weighted by atomic mass is 15.2. The van der Waals surface area contributed by atoms with Gasteiger partial charge in [0, 0.05) is 33.8 Å². The third-order valence-corrected chi connectivity index (χ3v) is 10.0. The first-order chi connectivity index (χ1) is 22.1. The molecular formula is C44H42N2. The van der Waals surface area contributed by atoms with Gasteiger partial charge in [0.1, 0.15) is 0 Å². The van der Waals surface area contributed by atoms with Crippen LogP contribution in [0.4, 0.5) is 11.4 Å². The topological polar surface area (TPSA) is 8.17 Å². The van der Waals surface area contributed by atoms with Gasteiger partial charge in [0.15, 0.2) is 0 Å². The highest BCUT2D eigenvalue weighted by Gasteiger charge is 2.37. The summed E-state index contributed by atoms with van der Waals surface area (Å²) in [7, 11) is 0. The standard InChI is InChI=1S/C44H42N2/c1-43(2,3)31-21-23-37-38-24-22-32(44(4,5)6)28-42(38)46(41(37)27-31)34-16-12-14-30(26-34)29-13-11-15-33(25-29)45-39-19-9-7-17-35(39)36-18-8-10-20-40(36)45/h7-28,35,39H,1-6H3. The van der Waals surface area contributed by atoms with E-state index in [-0.39, 0.29) is 16.9 Å². The highest BCUT2D eigenvalue weighted by Crippen LogP contribution is 2.48. The van der Waals surface area contributed by atoms with E-state index in [1.54, 1.807) is 0 Å². The summed E-state index contributed by atoms with van der Waals surface area (Å²) in [5, 5.41) is 2.60. The summed E-state index contributed by atoms with van der Waals surface area (Å²) < 4.78 is 2.49. The summed E-state index contributed by atoms with van der Waals surface area (Å²) in [5.41, 5.74) is 12.9. The molecule has 46 heavy (non-hydrogen) atoms. The molecular weight excluding hydrogens is 556 g/mol. The molecule has 2 heterocycles. The molecule has 6 aromatic rings. The van der Waals surface area contributed by atoms with Crippen LogP contribution in [0.25, 0.3) is 38.6 Å². The summed E-state index contributed by atoms with van der Waals surface area (Å²) in [4.78, 5) is 2.52. The molecule has 0 spiro atoms. The van der Waals surface area contributed by atoms with E-state index in [1.165, 1.54) is 66.7 Å². The normalized spacial score (nSPS) is 17.6. The van der Waals surface area contributed by atoms with Crippen molar-refractivity contribution in [2.45, 2.75) is 64.3 Å². The maximum absolute atomic E-state index is 2.52. The van der Waals surface area contributed by atoms with Crippen LogP contribution in [0.5, 0.6) is 0 Å². The summed E-state index contributed by atoms with van der Waals surface area (Å²) in [5.74, 6) is 0.375. The van der Waals surface area contributed by atoms with Gasteiger partial charge in [-0.05, 0) is 81.1 Å². The third kappa shape index (κ3) is 4.62. The van der Waals surface area contributed by atoms with Crippen LogP contribution in [-0.2, 0) is 10.8 Å². The number of benzene rings is 5. The predicted octanol–water partition coefficient (Wildman–Crippen LogP) is 11.8. The number of nitrogens with zero attached hydrogens (tertiary/aromatic N) is 2. The van der Waals surface area contributed by atoms with E-state index in [1.807, 2.05) is 0 Å². The molecule has 2 unspecified atom stereocenters. The Bertz CT molecular complexity index is 2120. The number of rotatable bonds is 3. The van der Waals surface area contributed by atoms with E-state index in [2.05, 4.69) is 185 Å². The first-order valence-electron chi connectivity index (χ1n) is 16.6. The first kappa shape index (κ1) is 28.6. The second kappa shape index (κ2) is 10.4. The van der Waals surface area contributed by atoms with Crippen LogP contribution in [0.2, 0.25) is 0 Å². The van der Waals surface area contributed by atoms with Gasteiger partial charge in [-0.2, -0.15) is 0 Å². The maximum Gasteiger partial charge on any atom is 0.0629 e. The van der Waals surface area contributed by atoms with E-state index in [4.69, 9.17) is 0 Å². The molecule has 228 valence electrons. The number of hydrogen-bond donors (Lipinski definition) is 0. The van der Waals surface area contributed by atoms with E-state index in [0.29, 0.717) is 5.92 Å². The number of allylic oxidation sites excluding steroid dienone is 2. The molecule has 0 radical (unpaired) electrons. The van der Waals surface area contributed by atoms with Crippen molar-refractivity contribution in [1.82, 2.24) is 4.57 Å². The fourth-order valence-electron chi connectivity index (χ4n) is 7.48. The molecule has 0 amide bonds. The molecule has 2 nitrogen and oxygen atoms in total. The van der Waals surface area contributed by atoms with Gasteiger partial charge < -0.3 is 9.47 Å². The van der Waals surface area contributed by atoms with Gasteiger partial charge in [0.25, 0.3) is 0 Å². The van der Waals surface area contributed by atoms with Crippen LogP contribution in [0.3, 0.4) is 0 Å². The number of hydrogen-bond acceptors (Lipinski definition) is 1. The minimum atomic E-state index is 0.0604. The Labute approximate surface area is 273 Å². The molecule has 0 fully saturated rings. The first-order valence-corrected chi connectivity index (χ1v) is 16.6. The third-order valence-electron chi connectivity index (χ3n) is 10.0. The fourth-order valence-corrected chi connectivity index (χ4v) is 7.48. The lowest BCUT2D eigenvalue weighted by atomic mass is 9.86. The van der Waals surface area contributed by atoms with Crippen LogP contribution in [0.15, 0.2) is 133 Å². The smallest absolute Gasteiger partial charge is 0.0629 e. The number of para-hydroxylation sites is 1. The monoisotopic (exact) mass is 598 g/mol. The van der Waals surface area contributed by atoms with E-state index in [0.717, 1.165) is 0 Å². The molecule has 2 aliphatic rings. The zero-order valence-electron chi connectivity index (χ0n) is 27.8. The Morgan fingerprint density at radius 1 is 0.522 bits per heavy atom. The molecule has 0 bridgehead atoms. The van der Waals surface area contributed by atoms with Gasteiger partial charge in [-0.3, -0.25) is 0 Å². The van der Waals surface area contributed by atoms with Gasteiger partial charge >= 0.3 is 0 Å². The average Bonchev–Trinajstić information content (AvgIpc) is 3.56. The highest BCUT2D eigenvalue weighted by molar-refractivity contribution is 6.09. The van der Waals surface area contributed by atoms with Crippen molar-refractivity contribution >= 4 is 33.2 Å². The van der Waals surface area contributed by atoms with Crippen LogP contribution in [-0.4, -0.2) is 10.6 Å². The van der Waals surface area contributed by atoms with Crippen molar-refractivity contribution in [1.29, 1.82) is 0 Å². The zero-order valence-corrected chi connectivity index (χ0v) is 27.8. The maximum atomic E-state index is 2.52. The number of aromatic nitrogens is 1. The molecule has 1 aliphatic carbocycles. The Kier molecular flexibility index (Phi) is 6.45. The molecule has 0 N–H and O–H groups in total. The minimum Gasteiger partial charge on any atom is -0.333 e. The van der Waals surface area contributed by atoms with Crippen LogP contribution in [0, 0.1) is 0 Å². The summed E-state index contributed by atoms with van der Waals surface area (Å²) in [6.45, 7) is 13.8. The lowest BCUT2D eigenvalue weighted by molar-refractivity contribution is 0.591. The van der Waals surface area contributed by atoms with Gasteiger partial charge in [-0.1, -0.05) is 133 Å². The SMILES string of the molecule is CC(C)(C)c1ccc2c3ccc(C(C)(C)C)cc3n(-c3cccc(-c4cccc(N5c6ccccc6C6C=CC=CC65)c4)c3)c2c1. The lowest BCUT2D eigenvalue weighted by Gasteiger charge is -2.29. The van der Waals surface area contributed by atoms with Gasteiger partial charge in [0.05, 0.1) is 17.1 Å². The van der Waals surface area contributed by atoms with E-state index >= 15 is 0 Å². The van der Waals surface area contributed by atoms with Crippen molar-refractivity contribution in [3.8, 4) is 16.8 Å². The van der Waals surface area contributed by atoms with Crippen LogP contribution >= 0.6 is 0 Å². The predicted molar refractivity (Wildman–Crippen MR) is 197 cm³/mol. The molecule has 0 saturated carbocycles. The lowest BCUT2D eigenvalue weighted by Crippen LogP contribution is -2.28. The Balaban J connectivity index is 1.28. The molecule has 2 heteroatoms. The largest absolute Gasteiger partial charge is 0.333 e. The van der Waals surface area contributed by atoms with Crippen LogP contribution in [0.1, 0.15) is 64.2 Å². The minimum absolute atomic E-state index is 0.0604. The van der Waals surface area contributed by atoms with Crippen molar-refractivity contribution in [2.24, 2.45) is 0 Å². The van der Waals surface area contributed by atoms with E-state index in [9.17, 15) is 0 Å². The second-order valence-electron chi connectivity index (χ2n) is 15.1. The van der Waals surface area contributed by atoms with Gasteiger partial charge in [-0.25, -0.2) is 0 Å². The van der Waals surface area contributed by atoms with Crippen molar-refractivity contribution in [3.63, 3.8) is 0 Å². The fraction of sp³-hybridized carbons (Fsp3) is 0.227. The summed E-state index contributed by atoms with van der Waals surface area (Å²) in [6, 6.07) is 41.4. The summed E-state index contributed by atoms with van der Waals surface area (Å²) >= 11 is 0. The number of anilines is 2. The Hall–Kier alpha value is -4.82. The van der Waals surface area contributed by atoms with Crippen molar-refractivity contribution in [2.75, 3.05) is 4.90 Å². The van der Waals surface area contributed by atoms with E-state index < -0.39 is 0 Å².